The van der Waals surface area contributed by atoms with Gasteiger partial charge in [0.1, 0.15) is 0 Å². The second-order valence-electron chi connectivity index (χ2n) is 4.54. The van der Waals surface area contributed by atoms with Crippen molar-refractivity contribution >= 4 is 5.96 Å². The quantitative estimate of drug-likeness (QED) is 0.662. The number of aromatic nitrogens is 1. The third kappa shape index (κ3) is 3.59. The van der Waals surface area contributed by atoms with Gasteiger partial charge in [0.05, 0.1) is 13.7 Å². The summed E-state index contributed by atoms with van der Waals surface area (Å²) in [5.41, 5.74) is 1.01. The molecule has 0 aromatic carbocycles. The number of pyridine rings is 1. The van der Waals surface area contributed by atoms with Crippen LogP contribution in [0.1, 0.15) is 25.3 Å². The minimum absolute atomic E-state index is 0.593. The molecule has 0 unspecified atom stereocenters. The van der Waals surface area contributed by atoms with E-state index in [0.29, 0.717) is 12.4 Å². The third-order valence-electron chi connectivity index (χ3n) is 3.18. The van der Waals surface area contributed by atoms with Crippen molar-refractivity contribution in [3.05, 3.63) is 23.9 Å². The Kier molecular flexibility index (Phi) is 5.01. The summed E-state index contributed by atoms with van der Waals surface area (Å²) in [7, 11) is 1.64. The van der Waals surface area contributed by atoms with E-state index < -0.39 is 0 Å². The number of aliphatic imine (C=N–C) groups is 1. The molecule has 1 aromatic rings. The van der Waals surface area contributed by atoms with E-state index in [-0.39, 0.29) is 0 Å². The highest BCUT2D eigenvalue weighted by Crippen LogP contribution is 2.15. The molecule has 0 aliphatic carbocycles. The predicted molar refractivity (Wildman–Crippen MR) is 76.4 cm³/mol. The fourth-order valence-corrected chi connectivity index (χ4v) is 2.24. The number of ether oxygens (including phenoxy) is 1. The highest BCUT2D eigenvalue weighted by molar-refractivity contribution is 5.80. The van der Waals surface area contributed by atoms with Crippen LogP contribution in [0.2, 0.25) is 0 Å². The summed E-state index contributed by atoms with van der Waals surface area (Å²) in [4.78, 5) is 11.2. The van der Waals surface area contributed by atoms with Crippen LogP contribution in [-0.4, -0.2) is 42.6 Å². The SMILES string of the molecule is CCNC(=NCc1cccnc1OC)N1CCCC1. The summed E-state index contributed by atoms with van der Waals surface area (Å²) in [6, 6.07) is 3.92. The molecule has 1 aromatic heterocycles. The topological polar surface area (TPSA) is 49.8 Å². The van der Waals surface area contributed by atoms with Gasteiger partial charge >= 0.3 is 0 Å². The molecular weight excluding hydrogens is 240 g/mol. The molecule has 0 atom stereocenters. The van der Waals surface area contributed by atoms with Crippen molar-refractivity contribution in [2.24, 2.45) is 4.99 Å². The molecule has 2 rings (SSSR count). The second kappa shape index (κ2) is 6.97. The summed E-state index contributed by atoms with van der Waals surface area (Å²) in [5.74, 6) is 1.65. The number of nitrogens with one attached hydrogen (secondary N) is 1. The number of guanidine groups is 1. The Labute approximate surface area is 114 Å². The first-order valence-electron chi connectivity index (χ1n) is 6.86. The molecule has 0 radical (unpaired) electrons. The van der Waals surface area contributed by atoms with E-state index in [1.54, 1.807) is 13.3 Å². The molecule has 0 spiro atoms. The van der Waals surface area contributed by atoms with Gasteiger partial charge in [0.25, 0.3) is 0 Å². The maximum absolute atomic E-state index is 5.25. The average Bonchev–Trinajstić information content (AvgIpc) is 2.97. The Morgan fingerprint density at radius 2 is 2.26 bits per heavy atom. The molecule has 1 N–H and O–H groups in total. The van der Waals surface area contributed by atoms with Crippen LogP contribution in [-0.2, 0) is 6.54 Å². The van der Waals surface area contributed by atoms with E-state index in [1.807, 2.05) is 12.1 Å². The molecule has 0 bridgehead atoms. The van der Waals surface area contributed by atoms with Crippen molar-refractivity contribution in [3.8, 4) is 5.88 Å². The van der Waals surface area contributed by atoms with Crippen molar-refractivity contribution in [1.29, 1.82) is 0 Å². The molecule has 1 fully saturated rings. The van der Waals surface area contributed by atoms with Crippen LogP contribution >= 0.6 is 0 Å². The molecule has 104 valence electrons. The van der Waals surface area contributed by atoms with Gasteiger partial charge in [-0.1, -0.05) is 6.07 Å². The van der Waals surface area contributed by atoms with Gasteiger partial charge in [0.2, 0.25) is 5.88 Å². The molecule has 19 heavy (non-hydrogen) atoms. The highest BCUT2D eigenvalue weighted by atomic mass is 16.5. The van der Waals surface area contributed by atoms with Crippen molar-refractivity contribution < 1.29 is 4.74 Å². The first-order valence-corrected chi connectivity index (χ1v) is 6.86. The third-order valence-corrected chi connectivity index (χ3v) is 3.18. The molecule has 0 saturated carbocycles. The van der Waals surface area contributed by atoms with Gasteiger partial charge in [0, 0.05) is 31.4 Å². The van der Waals surface area contributed by atoms with Crippen molar-refractivity contribution in [2.75, 3.05) is 26.7 Å². The molecule has 1 saturated heterocycles. The van der Waals surface area contributed by atoms with Gasteiger partial charge in [-0.25, -0.2) is 9.98 Å². The number of nitrogens with zero attached hydrogens (tertiary/aromatic N) is 3. The smallest absolute Gasteiger partial charge is 0.218 e. The Balaban J connectivity index is 2.08. The van der Waals surface area contributed by atoms with E-state index in [0.717, 1.165) is 31.2 Å². The Morgan fingerprint density at radius 3 is 2.95 bits per heavy atom. The monoisotopic (exact) mass is 262 g/mol. The van der Waals surface area contributed by atoms with Gasteiger partial charge in [0.15, 0.2) is 5.96 Å². The Morgan fingerprint density at radius 1 is 1.47 bits per heavy atom. The van der Waals surface area contributed by atoms with Crippen LogP contribution in [0.15, 0.2) is 23.3 Å². The molecule has 5 heteroatoms. The van der Waals surface area contributed by atoms with Crippen LogP contribution in [0.4, 0.5) is 0 Å². The largest absolute Gasteiger partial charge is 0.481 e. The standard InChI is InChI=1S/C14H22N4O/c1-3-15-14(18-9-4-5-10-18)17-11-12-7-6-8-16-13(12)19-2/h6-8H,3-5,9-11H2,1-2H3,(H,15,17). The highest BCUT2D eigenvalue weighted by Gasteiger charge is 2.15. The summed E-state index contributed by atoms with van der Waals surface area (Å²) < 4.78 is 5.25. The lowest BCUT2D eigenvalue weighted by molar-refractivity contribution is 0.392. The zero-order valence-corrected chi connectivity index (χ0v) is 11.7. The van der Waals surface area contributed by atoms with E-state index in [9.17, 15) is 0 Å². The number of methoxy groups -OCH3 is 1. The van der Waals surface area contributed by atoms with Gasteiger partial charge in [-0.3, -0.25) is 0 Å². The zero-order valence-electron chi connectivity index (χ0n) is 11.7. The Bertz CT molecular complexity index is 427. The normalized spacial score (nSPS) is 15.7. The van der Waals surface area contributed by atoms with E-state index in [4.69, 9.17) is 4.74 Å². The fourth-order valence-electron chi connectivity index (χ4n) is 2.24. The van der Waals surface area contributed by atoms with E-state index in [1.165, 1.54) is 12.8 Å². The van der Waals surface area contributed by atoms with Crippen LogP contribution in [0.3, 0.4) is 0 Å². The maximum Gasteiger partial charge on any atom is 0.218 e. The molecule has 1 aliphatic heterocycles. The summed E-state index contributed by atoms with van der Waals surface area (Å²) in [6.07, 6.45) is 4.24. The van der Waals surface area contributed by atoms with Gasteiger partial charge < -0.3 is 15.0 Å². The lowest BCUT2D eigenvalue weighted by Crippen LogP contribution is -2.39. The number of likely N-dealkylation sites (tertiary alicyclic amines) is 1. The number of hydrogen-bond acceptors (Lipinski definition) is 3. The first kappa shape index (κ1) is 13.6. The summed E-state index contributed by atoms with van der Waals surface area (Å²) in [6.45, 7) is 5.76. The number of hydrogen-bond donors (Lipinski definition) is 1. The Hall–Kier alpha value is -1.78. The van der Waals surface area contributed by atoms with Gasteiger partial charge in [-0.2, -0.15) is 0 Å². The van der Waals surface area contributed by atoms with Crippen LogP contribution < -0.4 is 10.1 Å². The molecule has 2 heterocycles. The summed E-state index contributed by atoms with van der Waals surface area (Å²) in [5, 5.41) is 3.35. The van der Waals surface area contributed by atoms with Crippen LogP contribution in [0, 0.1) is 0 Å². The predicted octanol–water partition coefficient (Wildman–Crippen LogP) is 1.65. The van der Waals surface area contributed by atoms with Gasteiger partial charge in [-0.05, 0) is 25.8 Å². The number of rotatable bonds is 4. The molecule has 5 nitrogen and oxygen atoms in total. The van der Waals surface area contributed by atoms with Crippen molar-refractivity contribution in [2.45, 2.75) is 26.3 Å². The maximum atomic E-state index is 5.25. The molecule has 0 amide bonds. The first-order chi connectivity index (χ1) is 9.35. The molecular formula is C14H22N4O. The zero-order chi connectivity index (χ0) is 13.5. The van der Waals surface area contributed by atoms with Crippen molar-refractivity contribution in [1.82, 2.24) is 15.2 Å². The second-order valence-corrected chi connectivity index (χ2v) is 4.54. The fraction of sp³-hybridized carbons (Fsp3) is 0.571. The summed E-state index contributed by atoms with van der Waals surface area (Å²) >= 11 is 0. The minimum Gasteiger partial charge on any atom is -0.481 e. The average molecular weight is 262 g/mol. The van der Waals surface area contributed by atoms with Crippen molar-refractivity contribution in [3.63, 3.8) is 0 Å². The van der Waals surface area contributed by atoms with Gasteiger partial charge in [-0.15, -0.1) is 0 Å². The lowest BCUT2D eigenvalue weighted by atomic mass is 10.3. The lowest BCUT2D eigenvalue weighted by Gasteiger charge is -2.20. The van der Waals surface area contributed by atoms with Crippen LogP contribution in [0.25, 0.3) is 0 Å². The van der Waals surface area contributed by atoms with E-state index >= 15 is 0 Å². The van der Waals surface area contributed by atoms with Crippen LogP contribution in [0.5, 0.6) is 5.88 Å². The van der Waals surface area contributed by atoms with E-state index in [2.05, 4.69) is 27.1 Å². The molecule has 1 aliphatic rings. The minimum atomic E-state index is 0.593.